The van der Waals surface area contributed by atoms with E-state index in [1.807, 2.05) is 6.92 Å². The first-order valence-electron chi connectivity index (χ1n) is 11.5. The van der Waals surface area contributed by atoms with Gasteiger partial charge in [0, 0.05) is 16.3 Å². The van der Waals surface area contributed by atoms with Crippen molar-refractivity contribution in [2.45, 2.75) is 25.8 Å². The van der Waals surface area contributed by atoms with Gasteiger partial charge in [0.15, 0.2) is 5.43 Å². The fraction of sp³-hybridized carbons (Fsp3) is 0.179. The second kappa shape index (κ2) is 9.59. The monoisotopic (exact) mass is 505 g/mol. The van der Waals surface area contributed by atoms with Crippen molar-refractivity contribution < 1.29 is 23.1 Å². The fourth-order valence-corrected chi connectivity index (χ4v) is 4.53. The second-order valence-electron chi connectivity index (χ2n) is 8.45. The van der Waals surface area contributed by atoms with E-state index in [9.17, 15) is 14.4 Å². The van der Waals surface area contributed by atoms with Gasteiger partial charge in [0.25, 0.3) is 5.91 Å². The molecular weight excluding hydrogens is 485 g/mol. The Bertz CT molecular complexity index is 1550. The van der Waals surface area contributed by atoms with Crippen LogP contribution in [0.15, 0.2) is 75.9 Å². The number of benzene rings is 3. The molecule has 4 aromatic rings. The van der Waals surface area contributed by atoms with Crippen molar-refractivity contribution in [2.24, 2.45) is 0 Å². The number of hydrogen-bond donors (Lipinski definition) is 0. The molecule has 36 heavy (non-hydrogen) atoms. The quantitative estimate of drug-likeness (QED) is 0.227. The summed E-state index contributed by atoms with van der Waals surface area (Å²) in [5.74, 6) is -1.80. The summed E-state index contributed by atoms with van der Waals surface area (Å²) in [4.78, 5) is 40.8. The number of hydrogen-bond acceptors (Lipinski definition) is 5. The molecule has 1 atom stereocenters. The van der Waals surface area contributed by atoms with E-state index >= 15 is 4.39 Å². The summed E-state index contributed by atoms with van der Waals surface area (Å²) in [5, 5.41) is 0.530. The van der Waals surface area contributed by atoms with Gasteiger partial charge < -0.3 is 9.15 Å². The molecule has 2 heterocycles. The Balaban J connectivity index is 1.64. The average molecular weight is 506 g/mol. The summed E-state index contributed by atoms with van der Waals surface area (Å²) < 4.78 is 26.1. The van der Waals surface area contributed by atoms with E-state index in [4.69, 9.17) is 20.8 Å². The zero-order chi connectivity index (χ0) is 25.4. The van der Waals surface area contributed by atoms with Gasteiger partial charge in [0.05, 0.1) is 29.2 Å². The van der Waals surface area contributed by atoms with E-state index < -0.39 is 29.2 Å². The van der Waals surface area contributed by atoms with Crippen molar-refractivity contribution in [3.63, 3.8) is 0 Å². The van der Waals surface area contributed by atoms with Crippen LogP contribution in [0.5, 0.6) is 0 Å². The number of anilines is 1. The molecule has 0 saturated carbocycles. The van der Waals surface area contributed by atoms with E-state index in [0.29, 0.717) is 22.9 Å². The molecule has 0 aliphatic carbocycles. The summed E-state index contributed by atoms with van der Waals surface area (Å²) in [7, 11) is 0. The zero-order valence-corrected chi connectivity index (χ0v) is 20.0. The molecular formula is C28H21ClFNO5. The number of unbranched alkanes of at least 4 members (excludes halogenated alkanes) is 1. The molecule has 0 fully saturated rings. The third-order valence-electron chi connectivity index (χ3n) is 6.14. The lowest BCUT2D eigenvalue weighted by Crippen LogP contribution is -2.30. The van der Waals surface area contributed by atoms with Crippen molar-refractivity contribution in [2.75, 3.05) is 11.5 Å². The molecule has 1 aromatic heterocycles. The van der Waals surface area contributed by atoms with Gasteiger partial charge in [0.1, 0.15) is 11.4 Å². The maximum absolute atomic E-state index is 15.0. The van der Waals surface area contributed by atoms with Crippen molar-refractivity contribution in [1.29, 1.82) is 0 Å². The number of amides is 1. The number of carbonyl (C=O) groups is 2. The molecule has 1 aliphatic heterocycles. The average Bonchev–Trinajstić information content (AvgIpc) is 3.17. The van der Waals surface area contributed by atoms with Crippen LogP contribution >= 0.6 is 11.6 Å². The molecule has 1 amide bonds. The van der Waals surface area contributed by atoms with Crippen molar-refractivity contribution in [1.82, 2.24) is 0 Å². The highest BCUT2D eigenvalue weighted by atomic mass is 35.5. The highest BCUT2D eigenvalue weighted by Crippen LogP contribution is 2.42. The smallest absolute Gasteiger partial charge is 0.338 e. The van der Waals surface area contributed by atoms with Crippen LogP contribution in [0.3, 0.4) is 0 Å². The van der Waals surface area contributed by atoms with Crippen molar-refractivity contribution in [3.8, 4) is 0 Å². The molecule has 5 rings (SSSR count). The molecule has 6 nitrogen and oxygen atoms in total. The Morgan fingerprint density at radius 3 is 2.56 bits per heavy atom. The summed E-state index contributed by atoms with van der Waals surface area (Å²) in [6, 6.07) is 15.6. The molecule has 0 spiro atoms. The molecule has 0 saturated heterocycles. The van der Waals surface area contributed by atoms with Crippen LogP contribution < -0.4 is 10.3 Å². The second-order valence-corrected chi connectivity index (χ2v) is 8.89. The first kappa shape index (κ1) is 23.8. The van der Waals surface area contributed by atoms with Crippen LogP contribution in [-0.4, -0.2) is 18.5 Å². The maximum Gasteiger partial charge on any atom is 0.338 e. The van der Waals surface area contributed by atoms with Gasteiger partial charge in [-0.1, -0.05) is 43.1 Å². The SMILES string of the molecule is CCCCOC(=O)c1ccc(N2C(=O)c3oc4ccc(Cl)cc4c(=O)c3C2c2ccccc2F)cc1. The van der Waals surface area contributed by atoms with Gasteiger partial charge >= 0.3 is 5.97 Å². The van der Waals surface area contributed by atoms with Crippen molar-refractivity contribution in [3.05, 3.63) is 110 Å². The summed E-state index contributed by atoms with van der Waals surface area (Å²) in [5.41, 5.74) is 0.594. The highest BCUT2D eigenvalue weighted by Gasteiger charge is 2.44. The van der Waals surface area contributed by atoms with Crippen LogP contribution in [0, 0.1) is 5.82 Å². The van der Waals surface area contributed by atoms with Gasteiger partial charge in [0.2, 0.25) is 5.76 Å². The minimum atomic E-state index is -1.07. The largest absolute Gasteiger partial charge is 0.462 e. The molecule has 3 aromatic carbocycles. The molecule has 182 valence electrons. The number of halogens is 2. The summed E-state index contributed by atoms with van der Waals surface area (Å²) in [6.45, 7) is 2.31. The van der Waals surface area contributed by atoms with Crippen LogP contribution in [-0.2, 0) is 4.74 Å². The Labute approximate surface area is 210 Å². The molecule has 1 aliphatic rings. The topological polar surface area (TPSA) is 76.8 Å². The number of fused-ring (bicyclic) bond motifs is 2. The van der Waals surface area contributed by atoms with Crippen LogP contribution in [0.25, 0.3) is 11.0 Å². The summed E-state index contributed by atoms with van der Waals surface area (Å²) >= 11 is 6.10. The first-order chi connectivity index (χ1) is 17.4. The fourth-order valence-electron chi connectivity index (χ4n) is 4.35. The minimum Gasteiger partial charge on any atom is -0.462 e. The number of esters is 1. The van der Waals surface area contributed by atoms with Crippen LogP contribution in [0.1, 0.15) is 57.8 Å². The third kappa shape index (κ3) is 4.05. The predicted molar refractivity (Wildman–Crippen MR) is 134 cm³/mol. The van der Waals surface area contributed by atoms with E-state index in [2.05, 4.69) is 0 Å². The normalized spacial score (nSPS) is 14.8. The number of nitrogens with zero attached hydrogens (tertiary/aromatic N) is 1. The van der Waals surface area contributed by atoms with Crippen LogP contribution in [0.2, 0.25) is 5.02 Å². The van der Waals surface area contributed by atoms with Gasteiger partial charge in [-0.05, 0) is 55.0 Å². The Morgan fingerprint density at radius 2 is 1.83 bits per heavy atom. The maximum atomic E-state index is 15.0. The Hall–Kier alpha value is -3.97. The van der Waals surface area contributed by atoms with Crippen LogP contribution in [0.4, 0.5) is 10.1 Å². The van der Waals surface area contributed by atoms with Gasteiger partial charge in [-0.15, -0.1) is 0 Å². The zero-order valence-electron chi connectivity index (χ0n) is 19.3. The lowest BCUT2D eigenvalue weighted by atomic mass is 9.97. The van der Waals surface area contributed by atoms with E-state index in [1.165, 1.54) is 47.4 Å². The third-order valence-corrected chi connectivity index (χ3v) is 6.38. The van der Waals surface area contributed by atoms with E-state index in [0.717, 1.165) is 12.8 Å². The van der Waals surface area contributed by atoms with E-state index in [-0.39, 0.29) is 27.9 Å². The van der Waals surface area contributed by atoms with E-state index in [1.54, 1.807) is 24.3 Å². The Morgan fingerprint density at radius 1 is 1.08 bits per heavy atom. The molecule has 1 unspecified atom stereocenters. The minimum absolute atomic E-state index is 0.0305. The standard InChI is InChI=1S/C28H21ClFNO5/c1-2-3-14-35-28(34)16-8-11-18(12-9-16)31-24(19-6-4-5-7-21(19)30)23-25(32)20-15-17(29)10-13-22(20)36-26(23)27(31)33/h4-13,15,24H,2-3,14H2,1H3. The van der Waals surface area contributed by atoms with Gasteiger partial charge in [-0.2, -0.15) is 0 Å². The molecule has 0 bridgehead atoms. The number of carbonyl (C=O) groups excluding carboxylic acids is 2. The lowest BCUT2D eigenvalue weighted by Gasteiger charge is -2.25. The summed E-state index contributed by atoms with van der Waals surface area (Å²) in [6.07, 6.45) is 1.66. The van der Waals surface area contributed by atoms with Gasteiger partial charge in [-0.25, -0.2) is 9.18 Å². The first-order valence-corrected chi connectivity index (χ1v) is 11.9. The highest BCUT2D eigenvalue weighted by molar-refractivity contribution is 6.31. The Kier molecular flexibility index (Phi) is 6.33. The lowest BCUT2D eigenvalue weighted by molar-refractivity contribution is 0.0499. The number of rotatable bonds is 6. The molecule has 0 N–H and O–H groups in total. The predicted octanol–water partition coefficient (Wildman–Crippen LogP) is 6.29. The van der Waals surface area contributed by atoms with Crippen molar-refractivity contribution >= 4 is 40.1 Å². The molecule has 0 radical (unpaired) electrons. The number of ether oxygens (including phenoxy) is 1. The molecule has 8 heteroatoms. The van der Waals surface area contributed by atoms with Gasteiger partial charge in [-0.3, -0.25) is 14.5 Å².